The van der Waals surface area contributed by atoms with Crippen molar-refractivity contribution in [3.63, 3.8) is 0 Å². The van der Waals surface area contributed by atoms with Crippen LogP contribution in [0.1, 0.15) is 45.3 Å². The Bertz CT molecular complexity index is 1130. The number of benzene rings is 1. The van der Waals surface area contributed by atoms with E-state index in [1.54, 1.807) is 45.2 Å². The first kappa shape index (κ1) is 25.0. The van der Waals surface area contributed by atoms with Gasteiger partial charge in [-0.25, -0.2) is 4.79 Å². The monoisotopic (exact) mass is 469 g/mol. The minimum absolute atomic E-state index is 0.117. The second-order valence-corrected chi connectivity index (χ2v) is 8.67. The maximum atomic E-state index is 13.8. The van der Waals surface area contributed by atoms with Gasteiger partial charge in [0.15, 0.2) is 0 Å². The maximum Gasteiger partial charge on any atom is 0.354 e. The summed E-state index contributed by atoms with van der Waals surface area (Å²) in [7, 11) is 6.82. The molecule has 2 N–H and O–H groups in total. The fourth-order valence-corrected chi connectivity index (χ4v) is 4.37. The van der Waals surface area contributed by atoms with Crippen molar-refractivity contribution in [2.75, 3.05) is 41.4 Å². The van der Waals surface area contributed by atoms with Gasteiger partial charge in [-0.3, -0.25) is 9.59 Å². The van der Waals surface area contributed by atoms with E-state index in [9.17, 15) is 19.5 Å². The Morgan fingerprint density at radius 2 is 1.79 bits per heavy atom. The molecule has 1 fully saturated rings. The number of aromatic amines is 1. The van der Waals surface area contributed by atoms with E-state index in [1.807, 2.05) is 14.1 Å². The second-order valence-electron chi connectivity index (χ2n) is 8.67. The summed E-state index contributed by atoms with van der Waals surface area (Å²) in [5, 5.41) is 13.8. The molecule has 0 spiro atoms. The summed E-state index contributed by atoms with van der Waals surface area (Å²) >= 11 is 0. The van der Waals surface area contributed by atoms with Crippen molar-refractivity contribution in [1.82, 2.24) is 9.88 Å². The van der Waals surface area contributed by atoms with Gasteiger partial charge in [0.05, 0.1) is 40.9 Å². The number of nitrogens with zero attached hydrogens (tertiary/aromatic N) is 1. The molecule has 1 saturated heterocycles. The van der Waals surface area contributed by atoms with E-state index in [4.69, 9.17) is 9.47 Å². The van der Waals surface area contributed by atoms with Gasteiger partial charge in [-0.1, -0.05) is 17.9 Å². The number of carbonyl (C=O) groups excluding carboxylic acids is 3. The standard InChI is InChI=1S/C25H31N3O6/c1-14-18(15(2)26-20(14)25(32)34-6)22(29)19-21(16-8-10-17(33-5)11-9-16)28(24(31)23(19)30)13-7-12-27(3)4/h8-11,21,26,29H,7,12-13H2,1-6H3. The number of likely N-dealkylation sites (tertiary alicyclic amines) is 1. The van der Waals surface area contributed by atoms with E-state index >= 15 is 0 Å². The van der Waals surface area contributed by atoms with Crippen molar-refractivity contribution in [1.29, 1.82) is 0 Å². The van der Waals surface area contributed by atoms with Crippen LogP contribution >= 0.6 is 0 Å². The summed E-state index contributed by atoms with van der Waals surface area (Å²) in [6.07, 6.45) is 0.671. The molecule has 0 bridgehead atoms. The van der Waals surface area contributed by atoms with Gasteiger partial charge in [-0.15, -0.1) is 0 Å². The van der Waals surface area contributed by atoms with Crippen molar-refractivity contribution >= 4 is 23.4 Å². The molecule has 3 rings (SSSR count). The largest absolute Gasteiger partial charge is 0.872 e. The molecule has 1 amide bonds. The number of amides is 1. The van der Waals surface area contributed by atoms with Crippen molar-refractivity contribution in [2.24, 2.45) is 0 Å². The number of aryl methyl sites for hydroxylation is 1. The highest BCUT2D eigenvalue weighted by atomic mass is 16.5. The predicted octanol–water partition coefficient (Wildman–Crippen LogP) is 0.185. The predicted molar refractivity (Wildman–Crippen MR) is 123 cm³/mol. The number of Topliss-reactive ketones (excluding diaryl/α,β-unsaturated/α-hetero) is 1. The number of aromatic nitrogens is 1. The van der Waals surface area contributed by atoms with Gasteiger partial charge < -0.3 is 29.4 Å². The molecule has 2 aromatic rings. The number of rotatable bonds is 8. The van der Waals surface area contributed by atoms with Crippen molar-refractivity contribution < 1.29 is 33.9 Å². The Labute approximate surface area is 199 Å². The highest BCUT2D eigenvalue weighted by Gasteiger charge is 2.44. The Morgan fingerprint density at radius 1 is 1.15 bits per heavy atom. The summed E-state index contributed by atoms with van der Waals surface area (Å²) in [6, 6.07) is 6.14. The molecule has 1 atom stereocenters. The quantitative estimate of drug-likeness (QED) is 0.247. The Balaban J connectivity index is 2.17. The lowest BCUT2D eigenvalue weighted by atomic mass is 9.94. The van der Waals surface area contributed by atoms with Crippen LogP contribution in [0.4, 0.5) is 0 Å². The third kappa shape index (κ3) is 4.56. The van der Waals surface area contributed by atoms with Gasteiger partial charge in [-0.05, 0) is 42.7 Å². The van der Waals surface area contributed by atoms with E-state index in [-0.39, 0.29) is 16.8 Å². The molecule has 1 aromatic carbocycles. The van der Waals surface area contributed by atoms with Crippen LogP contribution in [-0.2, 0) is 14.3 Å². The number of esters is 1. The molecule has 0 radical (unpaired) electrons. The molecular formula is C25H31N3O6. The summed E-state index contributed by atoms with van der Waals surface area (Å²) in [5.41, 5.74) is 1.68. The highest BCUT2D eigenvalue weighted by molar-refractivity contribution is 6.46. The molecule has 0 aliphatic carbocycles. The van der Waals surface area contributed by atoms with Crippen molar-refractivity contribution in [2.45, 2.75) is 26.3 Å². The number of methoxy groups -OCH3 is 2. The number of nitrogens with one attached hydrogen (secondary N) is 2. The molecule has 1 aromatic heterocycles. The molecular weight excluding hydrogens is 438 g/mol. The van der Waals surface area contributed by atoms with Gasteiger partial charge in [0.2, 0.25) is 5.78 Å². The highest BCUT2D eigenvalue weighted by Crippen LogP contribution is 2.40. The van der Waals surface area contributed by atoms with E-state index in [2.05, 4.69) is 4.98 Å². The molecule has 9 nitrogen and oxygen atoms in total. The number of carbonyl (C=O) groups is 3. The smallest absolute Gasteiger partial charge is 0.354 e. The molecule has 0 saturated carbocycles. The fraction of sp³-hybridized carbons (Fsp3) is 0.400. The number of ketones is 1. The summed E-state index contributed by atoms with van der Waals surface area (Å²) in [5.74, 6) is -2.08. The van der Waals surface area contributed by atoms with Crippen LogP contribution in [0.25, 0.3) is 5.76 Å². The van der Waals surface area contributed by atoms with Gasteiger partial charge >= 0.3 is 5.97 Å². The third-order valence-corrected chi connectivity index (χ3v) is 6.09. The molecule has 1 aliphatic heterocycles. The first-order chi connectivity index (χ1) is 16.1. The molecule has 182 valence electrons. The van der Waals surface area contributed by atoms with E-state index < -0.39 is 29.5 Å². The maximum absolute atomic E-state index is 13.8. The number of quaternary nitrogens is 1. The SMILES string of the molecule is COC(=O)c1[nH]c(C)c(C([O-])=C2C(=O)C(=O)N(CCC[NH+](C)C)C2c2ccc(OC)cc2)c1C. The Morgan fingerprint density at radius 3 is 2.35 bits per heavy atom. The van der Waals surface area contributed by atoms with Crippen LogP contribution in [0.15, 0.2) is 29.8 Å². The third-order valence-electron chi connectivity index (χ3n) is 6.09. The van der Waals surface area contributed by atoms with Crippen LogP contribution in [0.3, 0.4) is 0 Å². The van der Waals surface area contributed by atoms with Crippen molar-refractivity contribution in [3.8, 4) is 5.75 Å². The minimum Gasteiger partial charge on any atom is -0.872 e. The van der Waals surface area contributed by atoms with Crippen LogP contribution in [0, 0.1) is 13.8 Å². The van der Waals surface area contributed by atoms with Gasteiger partial charge in [-0.2, -0.15) is 0 Å². The van der Waals surface area contributed by atoms with Crippen LogP contribution < -0.4 is 14.7 Å². The lowest BCUT2D eigenvalue weighted by Crippen LogP contribution is -3.05. The summed E-state index contributed by atoms with van der Waals surface area (Å²) in [4.78, 5) is 43.9. The first-order valence-electron chi connectivity index (χ1n) is 11.1. The number of H-pyrrole nitrogens is 1. The average Bonchev–Trinajstić information content (AvgIpc) is 3.25. The van der Waals surface area contributed by atoms with Gasteiger partial charge in [0.25, 0.3) is 5.91 Å². The van der Waals surface area contributed by atoms with Crippen molar-refractivity contribution in [3.05, 3.63) is 57.9 Å². The molecule has 2 heterocycles. The second kappa shape index (κ2) is 10.1. The molecule has 9 heteroatoms. The number of hydrogen-bond donors (Lipinski definition) is 2. The number of hydrogen-bond acceptors (Lipinski definition) is 6. The van der Waals surface area contributed by atoms with Gasteiger partial charge in [0, 0.05) is 24.2 Å². The van der Waals surface area contributed by atoms with Crippen LogP contribution in [-0.4, -0.2) is 68.9 Å². The summed E-state index contributed by atoms with van der Waals surface area (Å²) in [6.45, 7) is 4.40. The van der Waals surface area contributed by atoms with E-state index in [1.165, 1.54) is 16.9 Å². The fourth-order valence-electron chi connectivity index (χ4n) is 4.37. The zero-order chi connectivity index (χ0) is 25.2. The number of ether oxygens (including phenoxy) is 2. The van der Waals surface area contributed by atoms with Gasteiger partial charge in [0.1, 0.15) is 11.4 Å². The molecule has 1 aliphatic rings. The first-order valence-corrected chi connectivity index (χ1v) is 11.1. The Hall–Kier alpha value is -3.59. The summed E-state index contributed by atoms with van der Waals surface area (Å²) < 4.78 is 10.0. The van der Waals surface area contributed by atoms with Crippen LogP contribution in [0.5, 0.6) is 5.75 Å². The van der Waals surface area contributed by atoms with E-state index in [0.29, 0.717) is 35.5 Å². The van der Waals surface area contributed by atoms with Crippen LogP contribution in [0.2, 0.25) is 0 Å². The normalized spacial score (nSPS) is 17.5. The molecule has 1 unspecified atom stereocenters. The zero-order valence-electron chi connectivity index (χ0n) is 20.4. The zero-order valence-corrected chi connectivity index (χ0v) is 20.4. The topological polar surface area (TPSA) is 116 Å². The van der Waals surface area contributed by atoms with E-state index in [0.717, 1.165) is 6.54 Å². The lowest BCUT2D eigenvalue weighted by Gasteiger charge is -2.28. The average molecular weight is 470 g/mol. The molecule has 34 heavy (non-hydrogen) atoms. The lowest BCUT2D eigenvalue weighted by molar-refractivity contribution is -0.858. The Kier molecular flexibility index (Phi) is 7.46. The minimum atomic E-state index is -0.828.